The SMILES string of the molecule is CCn1[c]c(C#N)cn1. The van der Waals surface area contributed by atoms with Crippen LogP contribution in [0.2, 0.25) is 0 Å². The summed E-state index contributed by atoms with van der Waals surface area (Å²) in [5, 5.41) is 12.2. The maximum absolute atomic E-state index is 8.31. The van der Waals surface area contributed by atoms with Crippen LogP contribution < -0.4 is 0 Å². The van der Waals surface area contributed by atoms with Crippen LogP contribution in [0.25, 0.3) is 0 Å². The maximum atomic E-state index is 8.31. The molecule has 1 radical (unpaired) electrons. The molecular weight excluding hydrogens is 114 g/mol. The quantitative estimate of drug-likeness (QED) is 0.543. The minimum Gasteiger partial charge on any atom is -0.262 e. The summed E-state index contributed by atoms with van der Waals surface area (Å²) in [7, 11) is 0. The first-order chi connectivity index (χ1) is 4.36. The van der Waals surface area contributed by atoms with Gasteiger partial charge in [0, 0.05) is 6.54 Å². The Morgan fingerprint density at radius 1 is 2.00 bits per heavy atom. The van der Waals surface area contributed by atoms with Crippen molar-refractivity contribution in [3.8, 4) is 6.07 Å². The van der Waals surface area contributed by atoms with E-state index >= 15 is 0 Å². The lowest BCUT2D eigenvalue weighted by Crippen LogP contribution is -1.92. The topological polar surface area (TPSA) is 41.6 Å². The zero-order chi connectivity index (χ0) is 6.69. The molecule has 1 aromatic heterocycles. The third-order valence-corrected chi connectivity index (χ3v) is 0.996. The van der Waals surface area contributed by atoms with Gasteiger partial charge in [-0.15, -0.1) is 0 Å². The summed E-state index contributed by atoms with van der Waals surface area (Å²) in [6.07, 6.45) is 4.26. The molecule has 3 nitrogen and oxygen atoms in total. The van der Waals surface area contributed by atoms with Gasteiger partial charge in [-0.05, 0) is 6.92 Å². The summed E-state index contributed by atoms with van der Waals surface area (Å²) < 4.78 is 1.60. The van der Waals surface area contributed by atoms with Crippen LogP contribution in [0.3, 0.4) is 0 Å². The number of aromatic nitrogens is 2. The Hall–Kier alpha value is -1.30. The van der Waals surface area contributed by atoms with E-state index in [0.29, 0.717) is 5.56 Å². The van der Waals surface area contributed by atoms with Gasteiger partial charge in [0.15, 0.2) is 0 Å². The molecule has 0 aromatic carbocycles. The van der Waals surface area contributed by atoms with Crippen LogP contribution in [0.15, 0.2) is 6.20 Å². The van der Waals surface area contributed by atoms with Crippen molar-refractivity contribution in [3.05, 3.63) is 18.0 Å². The van der Waals surface area contributed by atoms with Crippen molar-refractivity contribution in [3.63, 3.8) is 0 Å². The molecular formula is C6H6N3. The van der Waals surface area contributed by atoms with E-state index in [9.17, 15) is 0 Å². The second kappa shape index (κ2) is 2.31. The van der Waals surface area contributed by atoms with E-state index in [1.54, 1.807) is 4.68 Å². The summed E-state index contributed by atoms with van der Waals surface area (Å²) in [6, 6.07) is 1.94. The van der Waals surface area contributed by atoms with Crippen molar-refractivity contribution in [1.82, 2.24) is 9.78 Å². The van der Waals surface area contributed by atoms with Gasteiger partial charge in [-0.3, -0.25) is 4.68 Å². The molecule has 9 heavy (non-hydrogen) atoms. The maximum Gasteiger partial charge on any atom is 0.105 e. The van der Waals surface area contributed by atoms with E-state index < -0.39 is 0 Å². The number of hydrogen-bond donors (Lipinski definition) is 0. The molecule has 0 saturated heterocycles. The second-order valence-corrected chi connectivity index (χ2v) is 1.60. The lowest BCUT2D eigenvalue weighted by Gasteiger charge is -1.86. The van der Waals surface area contributed by atoms with E-state index in [-0.39, 0.29) is 0 Å². The average Bonchev–Trinajstić information content (AvgIpc) is 2.34. The Kier molecular flexibility index (Phi) is 1.50. The van der Waals surface area contributed by atoms with Gasteiger partial charge >= 0.3 is 0 Å². The molecule has 0 spiro atoms. The zero-order valence-electron chi connectivity index (χ0n) is 5.13. The van der Waals surface area contributed by atoms with Crippen molar-refractivity contribution in [2.24, 2.45) is 0 Å². The van der Waals surface area contributed by atoms with Gasteiger partial charge in [0.1, 0.15) is 12.3 Å². The van der Waals surface area contributed by atoms with Crippen LogP contribution in [-0.2, 0) is 6.54 Å². The second-order valence-electron chi connectivity index (χ2n) is 1.60. The summed E-state index contributed by atoms with van der Waals surface area (Å²) in [5.41, 5.74) is 0.497. The van der Waals surface area contributed by atoms with Gasteiger partial charge in [-0.1, -0.05) is 0 Å². The smallest absolute Gasteiger partial charge is 0.105 e. The van der Waals surface area contributed by atoms with Gasteiger partial charge < -0.3 is 0 Å². The molecule has 0 atom stereocenters. The summed E-state index contributed by atoms with van der Waals surface area (Å²) in [6.45, 7) is 2.71. The van der Waals surface area contributed by atoms with Gasteiger partial charge in [-0.25, -0.2) is 0 Å². The van der Waals surface area contributed by atoms with Crippen molar-refractivity contribution in [1.29, 1.82) is 5.26 Å². The van der Waals surface area contributed by atoms with Crippen molar-refractivity contribution < 1.29 is 0 Å². The van der Waals surface area contributed by atoms with E-state index in [1.165, 1.54) is 6.20 Å². The molecule has 1 aromatic rings. The first-order valence-corrected chi connectivity index (χ1v) is 2.72. The Morgan fingerprint density at radius 3 is 3.11 bits per heavy atom. The third kappa shape index (κ3) is 1.08. The molecule has 0 aliphatic carbocycles. The third-order valence-electron chi connectivity index (χ3n) is 0.996. The molecule has 0 amide bonds. The number of hydrogen-bond acceptors (Lipinski definition) is 2. The zero-order valence-corrected chi connectivity index (χ0v) is 5.13. The molecule has 45 valence electrons. The van der Waals surface area contributed by atoms with Gasteiger partial charge in [0.05, 0.1) is 11.8 Å². The molecule has 0 N–H and O–H groups in total. The van der Waals surface area contributed by atoms with E-state index in [1.807, 2.05) is 13.0 Å². The average molecular weight is 120 g/mol. The number of nitrogens with zero attached hydrogens (tertiary/aromatic N) is 3. The monoisotopic (exact) mass is 120 g/mol. The Labute approximate surface area is 53.5 Å². The number of rotatable bonds is 1. The van der Waals surface area contributed by atoms with E-state index in [4.69, 9.17) is 5.26 Å². The number of aryl methyl sites for hydroxylation is 1. The van der Waals surface area contributed by atoms with Gasteiger partial charge in [-0.2, -0.15) is 10.4 Å². The normalized spacial score (nSPS) is 8.89. The standard InChI is InChI=1S/C6H6N3/c1-2-9-5-6(3-7)4-8-9/h4H,2H2,1H3. The first-order valence-electron chi connectivity index (χ1n) is 2.72. The fourth-order valence-corrected chi connectivity index (χ4v) is 0.539. The Balaban J connectivity index is 2.90. The number of nitriles is 1. The molecule has 0 aliphatic rings. The molecule has 0 fully saturated rings. The molecule has 0 bridgehead atoms. The van der Waals surface area contributed by atoms with Gasteiger partial charge in [0.25, 0.3) is 0 Å². The van der Waals surface area contributed by atoms with E-state index in [2.05, 4.69) is 11.3 Å². The van der Waals surface area contributed by atoms with Crippen molar-refractivity contribution >= 4 is 0 Å². The highest BCUT2D eigenvalue weighted by atomic mass is 15.3. The van der Waals surface area contributed by atoms with Crippen LogP contribution in [-0.4, -0.2) is 9.78 Å². The molecule has 1 rings (SSSR count). The van der Waals surface area contributed by atoms with Crippen LogP contribution in [0, 0.1) is 17.5 Å². The van der Waals surface area contributed by atoms with Crippen LogP contribution in [0.5, 0.6) is 0 Å². The lowest BCUT2D eigenvalue weighted by molar-refractivity contribution is 0.655. The summed E-state index contributed by atoms with van der Waals surface area (Å²) >= 11 is 0. The minimum absolute atomic E-state index is 0.497. The summed E-state index contributed by atoms with van der Waals surface area (Å²) in [4.78, 5) is 0. The highest BCUT2D eigenvalue weighted by molar-refractivity contribution is 5.20. The fraction of sp³-hybridized carbons (Fsp3) is 0.333. The molecule has 3 heteroatoms. The summed E-state index contributed by atoms with van der Waals surface area (Å²) in [5.74, 6) is 0. The van der Waals surface area contributed by atoms with Crippen LogP contribution in [0.1, 0.15) is 12.5 Å². The Bertz CT molecular complexity index is 231. The molecule has 0 aliphatic heterocycles. The van der Waals surface area contributed by atoms with E-state index in [0.717, 1.165) is 6.54 Å². The largest absolute Gasteiger partial charge is 0.262 e. The van der Waals surface area contributed by atoms with Gasteiger partial charge in [0.2, 0.25) is 0 Å². The minimum atomic E-state index is 0.497. The van der Waals surface area contributed by atoms with Crippen LogP contribution in [0.4, 0.5) is 0 Å². The molecule has 0 saturated carbocycles. The molecule has 0 unspecified atom stereocenters. The first kappa shape index (κ1) is 5.83. The highest BCUT2D eigenvalue weighted by Crippen LogP contribution is 1.91. The Morgan fingerprint density at radius 2 is 2.78 bits per heavy atom. The fourth-order valence-electron chi connectivity index (χ4n) is 0.539. The van der Waals surface area contributed by atoms with Crippen molar-refractivity contribution in [2.75, 3.05) is 0 Å². The molecule has 1 heterocycles. The predicted octanol–water partition coefficient (Wildman–Crippen LogP) is 0.575. The highest BCUT2D eigenvalue weighted by Gasteiger charge is 1.92. The predicted molar refractivity (Wildman–Crippen MR) is 31.5 cm³/mol. The lowest BCUT2D eigenvalue weighted by atomic mass is 10.4. The van der Waals surface area contributed by atoms with Crippen molar-refractivity contribution in [2.45, 2.75) is 13.5 Å². The van der Waals surface area contributed by atoms with Crippen LogP contribution >= 0.6 is 0 Å².